The molecule has 0 aromatic heterocycles. The van der Waals surface area contributed by atoms with E-state index in [0.29, 0.717) is 38.3 Å². The lowest BCUT2D eigenvalue weighted by atomic mass is 10.2. The number of nitrogens with zero attached hydrogens (tertiary/aromatic N) is 3. The summed E-state index contributed by atoms with van der Waals surface area (Å²) < 4.78 is 38.2. The van der Waals surface area contributed by atoms with Crippen LogP contribution in [0.25, 0.3) is 0 Å². The topological polar surface area (TPSA) is 102 Å². The molecule has 0 saturated carbocycles. The zero-order chi connectivity index (χ0) is 20.6. The minimum absolute atomic E-state index is 0.00378. The Morgan fingerprint density at radius 1 is 1.03 bits per heavy atom. The lowest BCUT2D eigenvalue weighted by Crippen LogP contribution is -2.48. The van der Waals surface area contributed by atoms with Gasteiger partial charge in [0.2, 0.25) is 16.8 Å². The number of piperazine rings is 1. The van der Waals surface area contributed by atoms with Gasteiger partial charge in [0.1, 0.15) is 0 Å². The quantitative estimate of drug-likeness (QED) is 0.540. The van der Waals surface area contributed by atoms with Crippen LogP contribution in [0.3, 0.4) is 0 Å². The fraction of sp³-hybridized carbons (Fsp3) is 0.368. The summed E-state index contributed by atoms with van der Waals surface area (Å²) in [7, 11) is -3.79. The standard InChI is InChI=1S/C19H21N3O6S/c1-14-2-4-16(22(23)24)11-19(14)29(25,26)21-8-6-20(7-9-21)12-15-3-5-17-18(10-15)28-13-27-17/h2-5,10-11H,6-9,12-13H2,1H3. The molecule has 0 spiro atoms. The Bertz CT molecular complexity index is 1050. The van der Waals surface area contributed by atoms with Crippen molar-refractivity contribution in [1.29, 1.82) is 0 Å². The maximum Gasteiger partial charge on any atom is 0.270 e. The molecule has 0 atom stereocenters. The monoisotopic (exact) mass is 419 g/mol. The summed E-state index contributed by atoms with van der Waals surface area (Å²) in [5, 5.41) is 11.0. The molecular weight excluding hydrogens is 398 g/mol. The Balaban J connectivity index is 1.44. The van der Waals surface area contributed by atoms with Gasteiger partial charge in [-0.05, 0) is 30.2 Å². The zero-order valence-corrected chi connectivity index (χ0v) is 16.7. The molecule has 0 N–H and O–H groups in total. The molecule has 10 heteroatoms. The maximum absolute atomic E-state index is 13.0. The molecule has 1 fully saturated rings. The molecule has 4 rings (SSSR count). The van der Waals surface area contributed by atoms with Crippen molar-refractivity contribution in [2.75, 3.05) is 33.0 Å². The highest BCUT2D eigenvalue weighted by Gasteiger charge is 2.31. The van der Waals surface area contributed by atoms with Gasteiger partial charge in [-0.2, -0.15) is 4.31 Å². The van der Waals surface area contributed by atoms with Crippen LogP contribution in [0, 0.1) is 17.0 Å². The lowest BCUT2D eigenvalue weighted by Gasteiger charge is -2.34. The predicted octanol–water partition coefficient (Wildman–Crippen LogP) is 2.14. The van der Waals surface area contributed by atoms with E-state index in [2.05, 4.69) is 4.90 Å². The molecule has 2 heterocycles. The third-order valence-corrected chi connectivity index (χ3v) is 7.22. The summed E-state index contributed by atoms with van der Waals surface area (Å²) in [4.78, 5) is 12.6. The van der Waals surface area contributed by atoms with Crippen LogP contribution in [-0.2, 0) is 16.6 Å². The summed E-state index contributed by atoms with van der Waals surface area (Å²) in [5.41, 5.74) is 1.34. The van der Waals surface area contributed by atoms with Crippen molar-refractivity contribution in [2.45, 2.75) is 18.4 Å². The van der Waals surface area contributed by atoms with Crippen LogP contribution in [0.15, 0.2) is 41.3 Å². The molecule has 154 valence electrons. The summed E-state index contributed by atoms with van der Waals surface area (Å²) in [6, 6.07) is 9.73. The fourth-order valence-electron chi connectivity index (χ4n) is 3.54. The normalized spacial score (nSPS) is 17.4. The van der Waals surface area contributed by atoms with Crippen LogP contribution in [0.5, 0.6) is 11.5 Å². The first kappa shape index (κ1) is 19.6. The highest BCUT2D eigenvalue weighted by molar-refractivity contribution is 7.89. The molecular formula is C19H21N3O6S. The average Bonchev–Trinajstić information content (AvgIpc) is 3.16. The maximum atomic E-state index is 13.0. The SMILES string of the molecule is Cc1ccc([N+](=O)[O-])cc1S(=O)(=O)N1CCN(Cc2ccc3c(c2)OCO3)CC1. The van der Waals surface area contributed by atoms with Crippen LogP contribution in [0.4, 0.5) is 5.69 Å². The second-order valence-electron chi connectivity index (χ2n) is 7.07. The van der Waals surface area contributed by atoms with E-state index in [-0.39, 0.29) is 17.4 Å². The smallest absolute Gasteiger partial charge is 0.270 e. The summed E-state index contributed by atoms with van der Waals surface area (Å²) in [6.07, 6.45) is 0. The van der Waals surface area contributed by atoms with Gasteiger partial charge < -0.3 is 9.47 Å². The van der Waals surface area contributed by atoms with E-state index in [1.807, 2.05) is 18.2 Å². The number of hydrogen-bond acceptors (Lipinski definition) is 7. The number of nitro benzene ring substituents is 1. The van der Waals surface area contributed by atoms with Gasteiger partial charge >= 0.3 is 0 Å². The number of fused-ring (bicyclic) bond motifs is 1. The Kier molecular flexibility index (Phi) is 5.15. The third kappa shape index (κ3) is 3.91. The molecule has 1 saturated heterocycles. The van der Waals surface area contributed by atoms with Crippen LogP contribution in [-0.4, -0.2) is 55.5 Å². The molecule has 2 aromatic carbocycles. The number of nitro groups is 1. The van der Waals surface area contributed by atoms with Gasteiger partial charge in [-0.15, -0.1) is 0 Å². The van der Waals surface area contributed by atoms with Crippen LogP contribution < -0.4 is 9.47 Å². The Hall–Kier alpha value is -2.69. The zero-order valence-electron chi connectivity index (χ0n) is 15.9. The van der Waals surface area contributed by atoms with Gasteiger partial charge in [0.15, 0.2) is 11.5 Å². The van der Waals surface area contributed by atoms with Crippen molar-refractivity contribution in [3.8, 4) is 11.5 Å². The Morgan fingerprint density at radius 2 is 1.76 bits per heavy atom. The van der Waals surface area contributed by atoms with E-state index >= 15 is 0 Å². The molecule has 0 amide bonds. The van der Waals surface area contributed by atoms with E-state index in [9.17, 15) is 18.5 Å². The summed E-state index contributed by atoms with van der Waals surface area (Å²) in [5.74, 6) is 1.46. The molecule has 0 radical (unpaired) electrons. The van der Waals surface area contributed by atoms with Crippen molar-refractivity contribution >= 4 is 15.7 Å². The van der Waals surface area contributed by atoms with Crippen molar-refractivity contribution < 1.29 is 22.8 Å². The molecule has 2 aromatic rings. The number of rotatable bonds is 5. The second-order valence-corrected chi connectivity index (χ2v) is 8.98. The molecule has 2 aliphatic rings. The number of sulfonamides is 1. The van der Waals surface area contributed by atoms with E-state index in [1.165, 1.54) is 16.4 Å². The summed E-state index contributed by atoms with van der Waals surface area (Å²) >= 11 is 0. The molecule has 9 nitrogen and oxygen atoms in total. The highest BCUT2D eigenvalue weighted by Crippen LogP contribution is 2.33. The minimum atomic E-state index is -3.79. The van der Waals surface area contributed by atoms with Gasteiger partial charge in [0.25, 0.3) is 5.69 Å². The van der Waals surface area contributed by atoms with E-state index < -0.39 is 14.9 Å². The number of non-ortho nitro benzene ring substituents is 1. The van der Waals surface area contributed by atoms with Gasteiger partial charge in [0.05, 0.1) is 9.82 Å². The van der Waals surface area contributed by atoms with E-state index in [4.69, 9.17) is 9.47 Å². The van der Waals surface area contributed by atoms with Crippen molar-refractivity contribution in [3.05, 3.63) is 57.6 Å². The molecule has 0 bridgehead atoms. The lowest BCUT2D eigenvalue weighted by molar-refractivity contribution is -0.385. The molecule has 0 aliphatic carbocycles. The van der Waals surface area contributed by atoms with E-state index in [1.54, 1.807) is 6.92 Å². The van der Waals surface area contributed by atoms with Crippen molar-refractivity contribution in [2.24, 2.45) is 0 Å². The number of benzene rings is 2. The van der Waals surface area contributed by atoms with Crippen LogP contribution >= 0.6 is 0 Å². The second kappa shape index (κ2) is 7.62. The Labute approximate surface area is 168 Å². The molecule has 2 aliphatic heterocycles. The van der Waals surface area contributed by atoms with Crippen LogP contribution in [0.1, 0.15) is 11.1 Å². The first-order valence-corrected chi connectivity index (χ1v) is 10.6. The highest BCUT2D eigenvalue weighted by atomic mass is 32.2. The Morgan fingerprint density at radius 3 is 2.48 bits per heavy atom. The third-order valence-electron chi connectivity index (χ3n) is 5.17. The molecule has 29 heavy (non-hydrogen) atoms. The first-order valence-electron chi connectivity index (χ1n) is 9.21. The average molecular weight is 419 g/mol. The first-order chi connectivity index (χ1) is 13.8. The van der Waals surface area contributed by atoms with Gasteiger partial charge in [-0.1, -0.05) is 12.1 Å². The minimum Gasteiger partial charge on any atom is -0.454 e. The number of aryl methyl sites for hydroxylation is 1. The summed E-state index contributed by atoms with van der Waals surface area (Å²) in [6.45, 7) is 4.35. The predicted molar refractivity (Wildman–Crippen MR) is 104 cm³/mol. The van der Waals surface area contributed by atoms with Crippen molar-refractivity contribution in [3.63, 3.8) is 0 Å². The fourth-order valence-corrected chi connectivity index (χ4v) is 5.21. The number of hydrogen-bond donors (Lipinski definition) is 0. The largest absolute Gasteiger partial charge is 0.454 e. The van der Waals surface area contributed by atoms with Gasteiger partial charge in [-0.25, -0.2) is 8.42 Å². The van der Waals surface area contributed by atoms with E-state index in [0.717, 1.165) is 23.1 Å². The number of ether oxygens (including phenoxy) is 2. The van der Waals surface area contributed by atoms with Gasteiger partial charge in [0, 0.05) is 44.9 Å². The van der Waals surface area contributed by atoms with Crippen LogP contribution in [0.2, 0.25) is 0 Å². The van der Waals surface area contributed by atoms with Crippen molar-refractivity contribution in [1.82, 2.24) is 9.21 Å². The van der Waals surface area contributed by atoms with Gasteiger partial charge in [-0.3, -0.25) is 15.0 Å². The molecule has 0 unspecified atom stereocenters.